The van der Waals surface area contributed by atoms with Crippen LogP contribution in [-0.2, 0) is 6.18 Å². The molecule has 1 aliphatic heterocycles. The predicted molar refractivity (Wildman–Crippen MR) is 104 cm³/mol. The number of hydrogen-bond acceptors (Lipinski definition) is 5. The van der Waals surface area contributed by atoms with Gasteiger partial charge in [-0.1, -0.05) is 0 Å². The van der Waals surface area contributed by atoms with Crippen LogP contribution in [0.5, 0.6) is 11.5 Å². The smallest absolute Gasteiger partial charge is 0.416 e. The topological polar surface area (TPSA) is 65.7 Å². The first-order valence-corrected chi connectivity index (χ1v) is 9.71. The fourth-order valence-corrected chi connectivity index (χ4v) is 3.29. The Morgan fingerprint density at radius 1 is 1.03 bits per heavy atom. The van der Waals surface area contributed by atoms with Gasteiger partial charge in [-0.15, -0.1) is 0 Å². The van der Waals surface area contributed by atoms with Gasteiger partial charge < -0.3 is 19.5 Å². The van der Waals surface area contributed by atoms with Gasteiger partial charge in [0.25, 0.3) is 0 Å². The lowest BCUT2D eigenvalue weighted by Crippen LogP contribution is -2.43. The maximum atomic E-state index is 12.6. The number of likely N-dealkylation sites (tertiary alicyclic amines) is 1. The number of rotatable bonds is 7. The van der Waals surface area contributed by atoms with Crippen LogP contribution in [-0.4, -0.2) is 48.5 Å². The van der Waals surface area contributed by atoms with Crippen LogP contribution in [0.15, 0.2) is 48.5 Å². The van der Waals surface area contributed by atoms with Crippen molar-refractivity contribution in [2.45, 2.75) is 31.2 Å². The molecule has 3 rings (SSSR count). The van der Waals surface area contributed by atoms with Gasteiger partial charge in [-0.2, -0.15) is 18.4 Å². The largest absolute Gasteiger partial charge is 0.491 e. The summed E-state index contributed by atoms with van der Waals surface area (Å²) in [5, 5.41) is 19.0. The molecule has 30 heavy (non-hydrogen) atoms. The monoisotopic (exact) mass is 420 g/mol. The second-order valence-corrected chi connectivity index (χ2v) is 7.24. The molecule has 2 aromatic rings. The Balaban J connectivity index is 1.38. The zero-order chi connectivity index (χ0) is 21.6. The van der Waals surface area contributed by atoms with Gasteiger partial charge in [0, 0.05) is 19.6 Å². The third-order valence-corrected chi connectivity index (χ3v) is 4.91. The van der Waals surface area contributed by atoms with Crippen LogP contribution < -0.4 is 9.47 Å². The standard InChI is InChI=1S/C22H23F3N2O3/c23-22(24,25)17-3-7-20(8-4-17)30-21-9-11-27(12-10-21)14-18(28)15-29-19-5-1-16(13-26)2-6-19/h1-8,18,21,28H,9-12,14-15H2. The zero-order valence-electron chi connectivity index (χ0n) is 16.3. The zero-order valence-corrected chi connectivity index (χ0v) is 16.3. The Labute approximate surface area is 173 Å². The first-order chi connectivity index (χ1) is 14.3. The van der Waals surface area contributed by atoms with E-state index in [1.54, 1.807) is 24.3 Å². The number of nitriles is 1. The van der Waals surface area contributed by atoms with Crippen LogP contribution in [0.2, 0.25) is 0 Å². The van der Waals surface area contributed by atoms with Crippen LogP contribution in [0.1, 0.15) is 24.0 Å². The number of alkyl halides is 3. The Kier molecular flexibility index (Phi) is 7.19. The van der Waals surface area contributed by atoms with Crippen LogP contribution in [0.4, 0.5) is 13.2 Å². The molecule has 0 bridgehead atoms. The highest BCUT2D eigenvalue weighted by Gasteiger charge is 2.30. The van der Waals surface area contributed by atoms with Crippen LogP contribution in [0.25, 0.3) is 0 Å². The highest BCUT2D eigenvalue weighted by molar-refractivity contribution is 5.34. The van der Waals surface area contributed by atoms with Gasteiger partial charge in [-0.05, 0) is 61.4 Å². The molecule has 1 saturated heterocycles. The van der Waals surface area contributed by atoms with E-state index < -0.39 is 17.8 Å². The van der Waals surface area contributed by atoms with Crippen molar-refractivity contribution in [2.24, 2.45) is 0 Å². The highest BCUT2D eigenvalue weighted by Crippen LogP contribution is 2.30. The Hall–Kier alpha value is -2.76. The summed E-state index contributed by atoms with van der Waals surface area (Å²) in [6.07, 6.45) is -3.62. The van der Waals surface area contributed by atoms with E-state index in [0.29, 0.717) is 23.6 Å². The van der Waals surface area contributed by atoms with Crippen molar-refractivity contribution in [3.05, 3.63) is 59.7 Å². The van der Waals surface area contributed by atoms with Gasteiger partial charge in [0.2, 0.25) is 0 Å². The summed E-state index contributed by atoms with van der Waals surface area (Å²) in [5.74, 6) is 1.02. The molecule has 1 fully saturated rings. The molecule has 0 saturated carbocycles. The van der Waals surface area contributed by atoms with Crippen molar-refractivity contribution in [3.63, 3.8) is 0 Å². The first kappa shape index (κ1) is 21.9. The molecule has 0 aromatic heterocycles. The van der Waals surface area contributed by atoms with E-state index in [9.17, 15) is 18.3 Å². The van der Waals surface area contributed by atoms with Crippen LogP contribution in [0.3, 0.4) is 0 Å². The third-order valence-electron chi connectivity index (χ3n) is 4.91. The number of hydrogen-bond donors (Lipinski definition) is 1. The van der Waals surface area contributed by atoms with Crippen molar-refractivity contribution in [1.82, 2.24) is 4.90 Å². The molecule has 0 radical (unpaired) electrons. The average molecular weight is 420 g/mol. The molecule has 0 spiro atoms. The van der Waals surface area contributed by atoms with Crippen molar-refractivity contribution < 1.29 is 27.8 Å². The minimum Gasteiger partial charge on any atom is -0.491 e. The number of aliphatic hydroxyl groups excluding tert-OH is 1. The van der Waals surface area contributed by atoms with Crippen LogP contribution in [0, 0.1) is 11.3 Å². The number of piperidine rings is 1. The summed E-state index contributed by atoms with van der Waals surface area (Å²) < 4.78 is 49.2. The van der Waals surface area contributed by atoms with Gasteiger partial charge in [0.05, 0.1) is 17.2 Å². The molecule has 0 amide bonds. The third kappa shape index (κ3) is 6.37. The first-order valence-electron chi connectivity index (χ1n) is 9.71. The van der Waals surface area contributed by atoms with Gasteiger partial charge in [-0.25, -0.2) is 0 Å². The summed E-state index contributed by atoms with van der Waals surface area (Å²) in [7, 11) is 0. The van der Waals surface area contributed by atoms with Gasteiger partial charge in [0.1, 0.15) is 30.3 Å². The van der Waals surface area contributed by atoms with Crippen molar-refractivity contribution in [1.29, 1.82) is 5.26 Å². The quantitative estimate of drug-likeness (QED) is 0.737. The molecule has 1 unspecified atom stereocenters. The minimum absolute atomic E-state index is 0.0648. The second-order valence-electron chi connectivity index (χ2n) is 7.24. The average Bonchev–Trinajstić information content (AvgIpc) is 2.74. The molecule has 0 aliphatic carbocycles. The van der Waals surface area contributed by atoms with Crippen molar-refractivity contribution in [3.8, 4) is 17.6 Å². The number of β-amino-alcohol motifs (C(OH)–C–C–N with tert-alkyl or cyclic N) is 1. The number of nitrogens with zero attached hydrogens (tertiary/aromatic N) is 2. The van der Waals surface area contributed by atoms with E-state index in [1.165, 1.54) is 12.1 Å². The lowest BCUT2D eigenvalue weighted by atomic mass is 10.1. The Morgan fingerprint density at radius 3 is 2.20 bits per heavy atom. The second kappa shape index (κ2) is 9.83. The molecule has 8 heteroatoms. The summed E-state index contributed by atoms with van der Waals surface area (Å²) in [4.78, 5) is 2.11. The van der Waals surface area contributed by atoms with E-state index in [1.807, 2.05) is 6.07 Å². The number of benzene rings is 2. The number of halogens is 3. The summed E-state index contributed by atoms with van der Waals surface area (Å²) in [5.41, 5.74) is -0.147. The number of aliphatic hydroxyl groups is 1. The molecular weight excluding hydrogens is 397 g/mol. The number of ether oxygens (including phenoxy) is 2. The van der Waals surface area contributed by atoms with E-state index in [-0.39, 0.29) is 12.7 Å². The fourth-order valence-electron chi connectivity index (χ4n) is 3.29. The molecule has 1 atom stereocenters. The highest BCUT2D eigenvalue weighted by atomic mass is 19.4. The minimum atomic E-state index is -4.35. The van der Waals surface area contributed by atoms with Crippen LogP contribution >= 0.6 is 0 Å². The van der Waals surface area contributed by atoms with E-state index in [0.717, 1.165) is 38.1 Å². The van der Waals surface area contributed by atoms with Gasteiger partial charge in [0.15, 0.2) is 0 Å². The normalized spacial score (nSPS) is 16.6. The fraction of sp³-hybridized carbons (Fsp3) is 0.409. The van der Waals surface area contributed by atoms with E-state index in [2.05, 4.69) is 4.90 Å². The van der Waals surface area contributed by atoms with Crippen molar-refractivity contribution >= 4 is 0 Å². The molecule has 5 nitrogen and oxygen atoms in total. The summed E-state index contributed by atoms with van der Waals surface area (Å²) in [6.45, 7) is 2.05. The predicted octanol–water partition coefficient (Wildman–Crippen LogP) is 3.86. The molecule has 2 aromatic carbocycles. The van der Waals surface area contributed by atoms with E-state index >= 15 is 0 Å². The summed E-state index contributed by atoms with van der Waals surface area (Å²) in [6, 6.07) is 13.5. The molecule has 1 N–H and O–H groups in total. The van der Waals surface area contributed by atoms with E-state index in [4.69, 9.17) is 14.7 Å². The molecule has 1 aliphatic rings. The van der Waals surface area contributed by atoms with Gasteiger partial charge in [-0.3, -0.25) is 0 Å². The lowest BCUT2D eigenvalue weighted by Gasteiger charge is -2.33. The molecule has 1 heterocycles. The SMILES string of the molecule is N#Cc1ccc(OCC(O)CN2CCC(Oc3ccc(C(F)(F)F)cc3)CC2)cc1. The van der Waals surface area contributed by atoms with Gasteiger partial charge >= 0.3 is 6.18 Å². The Morgan fingerprint density at radius 2 is 1.63 bits per heavy atom. The van der Waals surface area contributed by atoms with Crippen molar-refractivity contribution in [2.75, 3.05) is 26.2 Å². The Bertz CT molecular complexity index is 840. The maximum absolute atomic E-state index is 12.6. The lowest BCUT2D eigenvalue weighted by molar-refractivity contribution is -0.137. The summed E-state index contributed by atoms with van der Waals surface area (Å²) >= 11 is 0. The molecule has 160 valence electrons. The molecular formula is C22H23F3N2O3. The maximum Gasteiger partial charge on any atom is 0.416 e.